The summed E-state index contributed by atoms with van der Waals surface area (Å²) < 4.78 is 70.7. The van der Waals surface area contributed by atoms with Crippen molar-refractivity contribution in [2.45, 2.75) is 38.6 Å². The Labute approximate surface area is 171 Å². The van der Waals surface area contributed by atoms with Gasteiger partial charge in [-0.2, -0.15) is 26.9 Å². The summed E-state index contributed by atoms with van der Waals surface area (Å²) in [6, 6.07) is 8.95. The number of aromatic nitrogens is 1. The number of benzene rings is 1. The van der Waals surface area contributed by atoms with Crippen molar-refractivity contribution in [1.29, 1.82) is 5.26 Å². The van der Waals surface area contributed by atoms with E-state index >= 15 is 0 Å². The zero-order valence-electron chi connectivity index (χ0n) is 16.4. The Morgan fingerprint density at radius 2 is 1.80 bits per heavy atom. The number of alkyl halides is 3. The molecule has 0 amide bonds. The third-order valence-electron chi connectivity index (χ3n) is 3.75. The first-order valence-electron chi connectivity index (χ1n) is 8.41. The molecule has 30 heavy (non-hydrogen) atoms. The molecule has 160 valence electrons. The Hall–Kier alpha value is -3.13. The van der Waals surface area contributed by atoms with E-state index in [1.54, 1.807) is 26.8 Å². The Morgan fingerprint density at radius 3 is 2.30 bits per heavy atom. The van der Waals surface area contributed by atoms with Crippen LogP contribution in [0.2, 0.25) is 0 Å². The molecule has 0 saturated heterocycles. The quantitative estimate of drug-likeness (QED) is 0.304. The highest BCUT2D eigenvalue weighted by molar-refractivity contribution is 7.87. The zero-order valence-corrected chi connectivity index (χ0v) is 17.2. The van der Waals surface area contributed by atoms with Gasteiger partial charge in [0.25, 0.3) is 5.88 Å². The zero-order chi connectivity index (χ0) is 22.9. The van der Waals surface area contributed by atoms with E-state index in [-0.39, 0.29) is 22.6 Å². The predicted molar refractivity (Wildman–Crippen MR) is 100.0 cm³/mol. The molecule has 7 nitrogen and oxygen atoms in total. The standard InChI is InChI=1S/C19H17F3N2O5S/c1-11(25)28-13-7-5-6-12(8-13)14-9-16(18(2,3)4)24-17(15(14)10-23)29-30(26,27)19(20,21)22/h5-9H,1-4H3. The summed E-state index contributed by atoms with van der Waals surface area (Å²) in [6.07, 6.45) is 0. The first-order valence-corrected chi connectivity index (χ1v) is 9.82. The summed E-state index contributed by atoms with van der Waals surface area (Å²) >= 11 is 0. The molecule has 0 bridgehead atoms. The van der Waals surface area contributed by atoms with Crippen LogP contribution in [0.25, 0.3) is 11.1 Å². The van der Waals surface area contributed by atoms with Gasteiger partial charge >= 0.3 is 21.6 Å². The van der Waals surface area contributed by atoms with Crippen LogP contribution in [0.15, 0.2) is 30.3 Å². The van der Waals surface area contributed by atoms with Crippen molar-refractivity contribution in [3.63, 3.8) is 0 Å². The molecule has 11 heteroatoms. The van der Waals surface area contributed by atoms with Gasteiger partial charge in [-0.3, -0.25) is 4.79 Å². The molecule has 0 aliphatic rings. The number of rotatable bonds is 4. The fourth-order valence-electron chi connectivity index (χ4n) is 2.35. The first-order chi connectivity index (χ1) is 13.7. The van der Waals surface area contributed by atoms with Gasteiger partial charge in [-0.1, -0.05) is 32.9 Å². The summed E-state index contributed by atoms with van der Waals surface area (Å²) in [5.74, 6) is -1.46. The van der Waals surface area contributed by atoms with Crippen LogP contribution in [0.3, 0.4) is 0 Å². The van der Waals surface area contributed by atoms with Crippen LogP contribution in [0.5, 0.6) is 11.6 Å². The van der Waals surface area contributed by atoms with Crippen LogP contribution in [0, 0.1) is 11.3 Å². The third-order valence-corrected chi connectivity index (χ3v) is 4.69. The summed E-state index contributed by atoms with van der Waals surface area (Å²) in [4.78, 5) is 15.1. The van der Waals surface area contributed by atoms with E-state index in [0.717, 1.165) is 0 Å². The minimum atomic E-state index is -6.05. The number of hydrogen-bond donors (Lipinski definition) is 0. The maximum Gasteiger partial charge on any atom is 0.534 e. The Morgan fingerprint density at radius 1 is 1.17 bits per heavy atom. The SMILES string of the molecule is CC(=O)Oc1cccc(-c2cc(C(C)(C)C)nc(OS(=O)(=O)C(F)(F)F)c2C#N)c1. The second-order valence-electron chi connectivity index (χ2n) is 7.20. The molecule has 0 radical (unpaired) electrons. The molecular weight excluding hydrogens is 425 g/mol. The minimum Gasteiger partial charge on any atom is -0.427 e. The molecule has 0 aliphatic carbocycles. The van der Waals surface area contributed by atoms with Crippen LogP contribution >= 0.6 is 0 Å². The predicted octanol–water partition coefficient (Wildman–Crippen LogP) is 4.07. The van der Waals surface area contributed by atoms with E-state index in [1.807, 2.05) is 0 Å². The number of nitriles is 1. The minimum absolute atomic E-state index is 0.0683. The molecule has 0 N–H and O–H groups in total. The molecule has 2 rings (SSSR count). The van der Waals surface area contributed by atoms with Crippen LogP contribution in [0.1, 0.15) is 39.0 Å². The Kier molecular flexibility index (Phi) is 6.13. The van der Waals surface area contributed by atoms with Crippen LogP contribution in [-0.4, -0.2) is 24.9 Å². The van der Waals surface area contributed by atoms with Crippen molar-refractivity contribution in [2.75, 3.05) is 0 Å². The molecule has 1 heterocycles. The van der Waals surface area contributed by atoms with Gasteiger partial charge in [0, 0.05) is 17.9 Å². The molecule has 0 unspecified atom stereocenters. The van der Waals surface area contributed by atoms with Crippen molar-refractivity contribution in [1.82, 2.24) is 4.98 Å². The second-order valence-corrected chi connectivity index (χ2v) is 8.74. The molecule has 0 saturated carbocycles. The largest absolute Gasteiger partial charge is 0.534 e. The lowest BCUT2D eigenvalue weighted by Gasteiger charge is -2.21. The van der Waals surface area contributed by atoms with Crippen LogP contribution < -0.4 is 8.92 Å². The van der Waals surface area contributed by atoms with E-state index in [4.69, 9.17) is 4.74 Å². The topological polar surface area (TPSA) is 106 Å². The van der Waals surface area contributed by atoms with Crippen molar-refractivity contribution in [3.05, 3.63) is 41.6 Å². The van der Waals surface area contributed by atoms with Crippen molar-refractivity contribution in [2.24, 2.45) is 0 Å². The lowest BCUT2D eigenvalue weighted by Crippen LogP contribution is -2.29. The summed E-state index contributed by atoms with van der Waals surface area (Å²) in [7, 11) is -6.05. The molecule has 0 atom stereocenters. The number of carbonyl (C=O) groups excluding carboxylic acids is 1. The highest BCUT2D eigenvalue weighted by Gasteiger charge is 2.49. The van der Waals surface area contributed by atoms with Gasteiger partial charge in [-0.25, -0.2) is 4.98 Å². The number of carbonyl (C=O) groups is 1. The first kappa shape index (κ1) is 23.2. The van der Waals surface area contributed by atoms with E-state index in [2.05, 4.69) is 9.17 Å². The van der Waals surface area contributed by atoms with Gasteiger partial charge < -0.3 is 8.92 Å². The molecule has 0 aliphatic heterocycles. The third kappa shape index (κ3) is 5.07. The number of halogens is 3. The molecule has 2 aromatic rings. The normalized spacial score (nSPS) is 12.2. The summed E-state index contributed by atoms with van der Waals surface area (Å²) in [6.45, 7) is 6.28. The fourth-order valence-corrected chi connectivity index (χ4v) is 2.77. The maximum atomic E-state index is 12.8. The van der Waals surface area contributed by atoms with E-state index < -0.39 is 38.5 Å². The Bertz CT molecular complexity index is 1130. The maximum absolute atomic E-state index is 12.8. The van der Waals surface area contributed by atoms with Gasteiger partial charge in [0.2, 0.25) is 0 Å². The van der Waals surface area contributed by atoms with Crippen molar-refractivity contribution in [3.8, 4) is 28.8 Å². The average molecular weight is 442 g/mol. The van der Waals surface area contributed by atoms with Crippen LogP contribution in [-0.2, 0) is 20.3 Å². The van der Waals surface area contributed by atoms with Crippen molar-refractivity contribution >= 4 is 16.1 Å². The van der Waals surface area contributed by atoms with Gasteiger partial charge in [0.1, 0.15) is 17.4 Å². The monoisotopic (exact) mass is 442 g/mol. The van der Waals surface area contributed by atoms with E-state index in [0.29, 0.717) is 0 Å². The van der Waals surface area contributed by atoms with Gasteiger partial charge in [-0.05, 0) is 23.8 Å². The Balaban J connectivity index is 2.78. The van der Waals surface area contributed by atoms with Gasteiger partial charge in [0.05, 0.1) is 5.69 Å². The second kappa shape index (κ2) is 7.95. The van der Waals surface area contributed by atoms with E-state index in [1.165, 1.54) is 37.3 Å². The molecule has 1 aromatic carbocycles. The number of nitrogens with zero attached hydrogens (tertiary/aromatic N) is 2. The highest BCUT2D eigenvalue weighted by atomic mass is 32.2. The van der Waals surface area contributed by atoms with Crippen molar-refractivity contribution < 1.29 is 35.3 Å². The van der Waals surface area contributed by atoms with Gasteiger partial charge in [0.15, 0.2) is 0 Å². The number of ether oxygens (including phenoxy) is 1. The number of hydrogen-bond acceptors (Lipinski definition) is 7. The smallest absolute Gasteiger partial charge is 0.427 e. The summed E-state index contributed by atoms with van der Waals surface area (Å²) in [5, 5.41) is 9.54. The van der Waals surface area contributed by atoms with E-state index in [9.17, 15) is 31.6 Å². The lowest BCUT2D eigenvalue weighted by molar-refractivity contribution is -0.131. The summed E-state index contributed by atoms with van der Waals surface area (Å²) in [5.41, 5.74) is -6.41. The highest BCUT2D eigenvalue weighted by Crippen LogP contribution is 2.37. The average Bonchev–Trinajstić information content (AvgIpc) is 2.58. The molecule has 0 fully saturated rings. The molecule has 0 spiro atoms. The lowest BCUT2D eigenvalue weighted by atomic mass is 9.88. The fraction of sp³-hybridized carbons (Fsp3) is 0.316. The number of esters is 1. The number of pyridine rings is 1. The molecule has 1 aromatic heterocycles. The molecular formula is C19H17F3N2O5S. The van der Waals surface area contributed by atoms with Gasteiger partial charge in [-0.15, -0.1) is 0 Å². The van der Waals surface area contributed by atoms with Crippen LogP contribution in [0.4, 0.5) is 13.2 Å².